The minimum atomic E-state index is -0.717. The third-order valence-corrected chi connectivity index (χ3v) is 2.50. The summed E-state index contributed by atoms with van der Waals surface area (Å²) in [6, 6.07) is 7.61. The van der Waals surface area contributed by atoms with Gasteiger partial charge in [0.1, 0.15) is 11.8 Å². The summed E-state index contributed by atoms with van der Waals surface area (Å²) in [7, 11) is 3.50. The summed E-state index contributed by atoms with van der Waals surface area (Å²) in [5.74, 6) is 0.589. The zero-order valence-electron chi connectivity index (χ0n) is 11.4. The van der Waals surface area contributed by atoms with Crippen molar-refractivity contribution >= 4 is 0 Å². The van der Waals surface area contributed by atoms with Crippen molar-refractivity contribution in [3.63, 3.8) is 0 Å². The Kier molecular flexibility index (Phi) is 4.71. The Hall–Kier alpha value is -1.57. The van der Waals surface area contributed by atoms with Gasteiger partial charge < -0.3 is 9.84 Å². The highest BCUT2D eigenvalue weighted by Gasteiger charge is 2.16. The summed E-state index contributed by atoms with van der Waals surface area (Å²) in [4.78, 5) is 2.03. The van der Waals surface area contributed by atoms with Crippen LogP contribution in [0, 0.1) is 11.3 Å². The lowest BCUT2D eigenvalue weighted by Gasteiger charge is -2.25. The van der Waals surface area contributed by atoms with Gasteiger partial charge in [-0.25, -0.2) is 0 Å². The second-order valence-corrected chi connectivity index (χ2v) is 5.13. The maximum atomic E-state index is 9.74. The quantitative estimate of drug-likeness (QED) is 0.862. The Labute approximate surface area is 108 Å². The van der Waals surface area contributed by atoms with Crippen molar-refractivity contribution in [2.24, 2.45) is 0 Å². The van der Waals surface area contributed by atoms with Gasteiger partial charge >= 0.3 is 0 Å². The highest BCUT2D eigenvalue weighted by Crippen LogP contribution is 2.20. The molecule has 0 aliphatic carbocycles. The fraction of sp³-hybridized carbons (Fsp3) is 0.500. The van der Waals surface area contributed by atoms with Gasteiger partial charge in [0.15, 0.2) is 0 Å². The molecule has 0 radical (unpaired) electrons. The Bertz CT molecular complexity index is 444. The molecule has 0 heterocycles. The highest BCUT2D eigenvalue weighted by atomic mass is 16.5. The number of likely N-dealkylation sites (N-methyl/N-ethyl adjacent to an activating group) is 1. The molecule has 0 aliphatic rings. The third-order valence-electron chi connectivity index (χ3n) is 2.50. The molecule has 0 atom stereocenters. The van der Waals surface area contributed by atoms with Crippen LogP contribution in [0.15, 0.2) is 18.2 Å². The first-order chi connectivity index (χ1) is 8.35. The van der Waals surface area contributed by atoms with E-state index in [1.54, 1.807) is 27.0 Å². The van der Waals surface area contributed by atoms with Crippen molar-refractivity contribution in [1.29, 1.82) is 5.26 Å². The smallest absolute Gasteiger partial charge is 0.136 e. The molecule has 0 aromatic heterocycles. The average Bonchev–Trinajstić information content (AvgIpc) is 2.26. The fourth-order valence-electron chi connectivity index (χ4n) is 1.95. The SMILES string of the molecule is COc1cc(CN(C)CC(C)(C)O)ccc1C#N. The first-order valence-corrected chi connectivity index (χ1v) is 5.83. The molecular weight excluding hydrogens is 228 g/mol. The number of nitrogens with zero attached hydrogens (tertiary/aromatic N) is 2. The predicted molar refractivity (Wildman–Crippen MR) is 70.3 cm³/mol. The lowest BCUT2D eigenvalue weighted by Crippen LogP contribution is -2.35. The van der Waals surface area contributed by atoms with Crippen molar-refractivity contribution < 1.29 is 9.84 Å². The number of aliphatic hydroxyl groups is 1. The molecule has 1 aromatic rings. The first-order valence-electron chi connectivity index (χ1n) is 5.83. The van der Waals surface area contributed by atoms with E-state index in [9.17, 15) is 5.11 Å². The van der Waals surface area contributed by atoms with Crippen LogP contribution in [0.4, 0.5) is 0 Å². The molecule has 0 spiro atoms. The Morgan fingerprint density at radius 1 is 1.44 bits per heavy atom. The molecule has 0 amide bonds. The summed E-state index contributed by atoms with van der Waals surface area (Å²) in [5, 5.41) is 18.6. The molecule has 0 saturated carbocycles. The summed E-state index contributed by atoms with van der Waals surface area (Å²) in [6.07, 6.45) is 0. The van der Waals surface area contributed by atoms with E-state index in [1.807, 2.05) is 24.1 Å². The Morgan fingerprint density at radius 3 is 2.61 bits per heavy atom. The van der Waals surface area contributed by atoms with E-state index in [0.717, 1.165) is 5.56 Å². The van der Waals surface area contributed by atoms with E-state index < -0.39 is 5.60 Å². The second kappa shape index (κ2) is 5.85. The summed E-state index contributed by atoms with van der Waals surface area (Å²) in [6.45, 7) is 4.84. The molecule has 1 N–H and O–H groups in total. The normalized spacial score (nSPS) is 11.4. The maximum absolute atomic E-state index is 9.74. The molecule has 18 heavy (non-hydrogen) atoms. The predicted octanol–water partition coefficient (Wildman–Crippen LogP) is 1.77. The standard InChI is InChI=1S/C14H20N2O2/c1-14(2,17)10-16(3)9-11-5-6-12(8-15)13(7-11)18-4/h5-7,17H,9-10H2,1-4H3. The van der Waals surface area contributed by atoms with Crippen molar-refractivity contribution in [2.45, 2.75) is 26.0 Å². The molecule has 1 aromatic carbocycles. The largest absolute Gasteiger partial charge is 0.495 e. The third kappa shape index (κ3) is 4.36. The van der Waals surface area contributed by atoms with Crippen LogP contribution in [0.2, 0.25) is 0 Å². The molecule has 1 rings (SSSR count). The van der Waals surface area contributed by atoms with Crippen LogP contribution in [0.25, 0.3) is 0 Å². The zero-order valence-corrected chi connectivity index (χ0v) is 11.4. The molecule has 0 aliphatic heterocycles. The van der Waals surface area contributed by atoms with Crippen LogP contribution in [0.5, 0.6) is 5.75 Å². The van der Waals surface area contributed by atoms with E-state index in [0.29, 0.717) is 24.4 Å². The van der Waals surface area contributed by atoms with Gasteiger partial charge in [-0.2, -0.15) is 5.26 Å². The van der Waals surface area contributed by atoms with Gasteiger partial charge in [-0.15, -0.1) is 0 Å². The molecule has 0 saturated heterocycles. The zero-order chi connectivity index (χ0) is 13.8. The fourth-order valence-corrected chi connectivity index (χ4v) is 1.95. The monoisotopic (exact) mass is 248 g/mol. The van der Waals surface area contributed by atoms with Crippen molar-refractivity contribution in [1.82, 2.24) is 4.90 Å². The van der Waals surface area contributed by atoms with Gasteiger partial charge in [0.25, 0.3) is 0 Å². The molecule has 0 unspecified atom stereocenters. The van der Waals surface area contributed by atoms with Crippen LogP contribution in [0.3, 0.4) is 0 Å². The molecule has 4 heteroatoms. The van der Waals surface area contributed by atoms with E-state index in [1.165, 1.54) is 0 Å². The van der Waals surface area contributed by atoms with Crippen LogP contribution in [-0.2, 0) is 6.54 Å². The van der Waals surface area contributed by atoms with E-state index in [4.69, 9.17) is 10.00 Å². The molecule has 0 bridgehead atoms. The summed E-state index contributed by atoms with van der Waals surface area (Å²) >= 11 is 0. The topological polar surface area (TPSA) is 56.5 Å². The second-order valence-electron chi connectivity index (χ2n) is 5.13. The summed E-state index contributed by atoms with van der Waals surface area (Å²) < 4.78 is 5.17. The first kappa shape index (κ1) is 14.5. The summed E-state index contributed by atoms with van der Waals surface area (Å²) in [5.41, 5.74) is 0.870. The minimum absolute atomic E-state index is 0.534. The molecular formula is C14H20N2O2. The molecule has 0 fully saturated rings. The van der Waals surface area contributed by atoms with Crippen LogP contribution in [-0.4, -0.2) is 36.3 Å². The lowest BCUT2D eigenvalue weighted by atomic mass is 10.1. The molecule has 4 nitrogen and oxygen atoms in total. The molecule has 98 valence electrons. The van der Waals surface area contributed by atoms with Gasteiger partial charge in [0, 0.05) is 13.1 Å². The van der Waals surface area contributed by atoms with Crippen molar-refractivity contribution in [2.75, 3.05) is 20.7 Å². The van der Waals surface area contributed by atoms with E-state index in [2.05, 4.69) is 6.07 Å². The minimum Gasteiger partial charge on any atom is -0.495 e. The van der Waals surface area contributed by atoms with Crippen molar-refractivity contribution in [3.05, 3.63) is 29.3 Å². The number of hydrogen-bond donors (Lipinski definition) is 1. The van der Waals surface area contributed by atoms with Gasteiger partial charge in [-0.1, -0.05) is 6.07 Å². The lowest BCUT2D eigenvalue weighted by molar-refractivity contribution is 0.0425. The number of benzene rings is 1. The van der Waals surface area contributed by atoms with Crippen LogP contribution in [0.1, 0.15) is 25.0 Å². The number of methoxy groups -OCH3 is 1. The van der Waals surface area contributed by atoms with E-state index in [-0.39, 0.29) is 0 Å². The Balaban J connectivity index is 2.77. The average molecular weight is 248 g/mol. The maximum Gasteiger partial charge on any atom is 0.136 e. The van der Waals surface area contributed by atoms with Gasteiger partial charge in [-0.3, -0.25) is 4.90 Å². The number of rotatable bonds is 5. The van der Waals surface area contributed by atoms with Gasteiger partial charge in [0.05, 0.1) is 18.3 Å². The van der Waals surface area contributed by atoms with Gasteiger partial charge in [-0.05, 0) is 38.6 Å². The van der Waals surface area contributed by atoms with Crippen LogP contribution < -0.4 is 4.74 Å². The van der Waals surface area contributed by atoms with Crippen LogP contribution >= 0.6 is 0 Å². The number of nitriles is 1. The Morgan fingerprint density at radius 2 is 2.11 bits per heavy atom. The highest BCUT2D eigenvalue weighted by molar-refractivity contribution is 5.45. The number of ether oxygens (including phenoxy) is 1. The van der Waals surface area contributed by atoms with Crippen molar-refractivity contribution in [3.8, 4) is 11.8 Å². The number of hydrogen-bond acceptors (Lipinski definition) is 4. The van der Waals surface area contributed by atoms with Gasteiger partial charge in [0.2, 0.25) is 0 Å². The van der Waals surface area contributed by atoms with E-state index >= 15 is 0 Å².